The molecule has 2 rings (SSSR count). The predicted molar refractivity (Wildman–Crippen MR) is 72.3 cm³/mol. The largest absolute Gasteiger partial charge is 0.497 e. The third-order valence-corrected chi connectivity index (χ3v) is 3.85. The molecule has 104 valence electrons. The van der Waals surface area contributed by atoms with E-state index in [9.17, 15) is 5.26 Å². The lowest BCUT2D eigenvalue weighted by Crippen LogP contribution is -2.42. The van der Waals surface area contributed by atoms with Crippen molar-refractivity contribution < 1.29 is 9.57 Å². The molecule has 0 spiro atoms. The van der Waals surface area contributed by atoms with Crippen molar-refractivity contribution in [1.82, 2.24) is 5.06 Å². The molecule has 20 heavy (non-hydrogen) atoms. The van der Waals surface area contributed by atoms with Gasteiger partial charge in [-0.05, 0) is 24.6 Å². The van der Waals surface area contributed by atoms with Gasteiger partial charge >= 0.3 is 0 Å². The Bertz CT molecular complexity index is 544. The van der Waals surface area contributed by atoms with Gasteiger partial charge in [0.2, 0.25) is 0 Å². The van der Waals surface area contributed by atoms with Crippen LogP contribution in [0.15, 0.2) is 24.3 Å². The molecule has 0 aromatic heterocycles. The number of nitriles is 2. The topological polar surface area (TPSA) is 69.3 Å². The number of ether oxygens (including phenoxy) is 1. The standard InChI is InChI=1S/C15H17N3O2/c1-15(12-4-6-14(19-2)7-5-12)13(10-17)11-20-18(15)9-3-8-16/h4-7,13H,3,9,11H2,1-2H3/t13-,15-/m1/s1. The summed E-state index contributed by atoms with van der Waals surface area (Å²) in [6.07, 6.45) is 0.365. The van der Waals surface area contributed by atoms with Crippen molar-refractivity contribution in [3.05, 3.63) is 29.8 Å². The van der Waals surface area contributed by atoms with Crippen LogP contribution in [0.5, 0.6) is 5.75 Å². The van der Waals surface area contributed by atoms with Crippen LogP contribution in [0.3, 0.4) is 0 Å². The number of rotatable bonds is 4. The average molecular weight is 271 g/mol. The minimum Gasteiger partial charge on any atom is -0.497 e. The SMILES string of the molecule is COc1ccc([C@]2(C)[C@H](C#N)CON2CCC#N)cc1. The van der Waals surface area contributed by atoms with Gasteiger partial charge in [-0.15, -0.1) is 0 Å². The Hall–Kier alpha value is -2.08. The van der Waals surface area contributed by atoms with Crippen molar-refractivity contribution in [3.63, 3.8) is 0 Å². The Kier molecular flexibility index (Phi) is 4.24. The van der Waals surface area contributed by atoms with Crippen molar-refractivity contribution in [3.8, 4) is 17.9 Å². The number of hydrogen-bond donors (Lipinski definition) is 0. The van der Waals surface area contributed by atoms with E-state index >= 15 is 0 Å². The first kappa shape index (κ1) is 14.3. The average Bonchev–Trinajstić information content (AvgIpc) is 2.82. The predicted octanol–water partition coefficient (Wildman–Crippen LogP) is 2.21. The lowest BCUT2D eigenvalue weighted by atomic mass is 9.81. The summed E-state index contributed by atoms with van der Waals surface area (Å²) in [6, 6.07) is 12.0. The molecule has 1 aromatic rings. The van der Waals surface area contributed by atoms with Gasteiger partial charge in [-0.3, -0.25) is 4.84 Å². The molecule has 5 nitrogen and oxygen atoms in total. The molecule has 1 aromatic carbocycles. The molecule has 0 amide bonds. The lowest BCUT2D eigenvalue weighted by Gasteiger charge is -2.34. The van der Waals surface area contributed by atoms with E-state index in [1.165, 1.54) is 0 Å². The van der Waals surface area contributed by atoms with E-state index in [4.69, 9.17) is 14.8 Å². The van der Waals surface area contributed by atoms with Gasteiger partial charge in [-0.25, -0.2) is 0 Å². The third kappa shape index (κ3) is 2.34. The fraction of sp³-hybridized carbons (Fsp3) is 0.467. The van der Waals surface area contributed by atoms with Crippen LogP contribution >= 0.6 is 0 Å². The number of nitrogens with zero attached hydrogens (tertiary/aromatic N) is 3. The van der Waals surface area contributed by atoms with Gasteiger partial charge in [0.1, 0.15) is 5.75 Å². The van der Waals surface area contributed by atoms with Crippen molar-refractivity contribution in [2.75, 3.05) is 20.3 Å². The normalized spacial score (nSPS) is 25.9. The highest BCUT2D eigenvalue weighted by Gasteiger charge is 2.48. The van der Waals surface area contributed by atoms with E-state index in [2.05, 4.69) is 12.1 Å². The van der Waals surface area contributed by atoms with E-state index in [1.54, 1.807) is 12.2 Å². The zero-order valence-corrected chi connectivity index (χ0v) is 11.7. The smallest absolute Gasteiger partial charge is 0.118 e. The summed E-state index contributed by atoms with van der Waals surface area (Å²) in [5.41, 5.74) is 0.443. The van der Waals surface area contributed by atoms with Gasteiger partial charge in [0, 0.05) is 6.54 Å². The molecule has 1 aliphatic rings. The lowest BCUT2D eigenvalue weighted by molar-refractivity contribution is -0.161. The van der Waals surface area contributed by atoms with E-state index in [1.807, 2.05) is 31.2 Å². The molecule has 0 radical (unpaired) electrons. The molecule has 1 aliphatic heterocycles. The van der Waals surface area contributed by atoms with Crippen LogP contribution in [0.1, 0.15) is 18.9 Å². The first-order chi connectivity index (χ1) is 9.66. The number of benzene rings is 1. The summed E-state index contributed by atoms with van der Waals surface area (Å²) in [7, 11) is 1.62. The molecule has 0 saturated carbocycles. The molecule has 1 saturated heterocycles. The van der Waals surface area contributed by atoms with Gasteiger partial charge in [0.15, 0.2) is 0 Å². The molecule has 1 heterocycles. The Morgan fingerprint density at radius 2 is 2.10 bits per heavy atom. The monoisotopic (exact) mass is 271 g/mol. The van der Waals surface area contributed by atoms with E-state index in [-0.39, 0.29) is 5.92 Å². The third-order valence-electron chi connectivity index (χ3n) is 3.85. The highest BCUT2D eigenvalue weighted by Crippen LogP contribution is 2.41. The van der Waals surface area contributed by atoms with Crippen molar-refractivity contribution in [2.24, 2.45) is 5.92 Å². The molecule has 5 heteroatoms. The molecule has 0 aliphatic carbocycles. The van der Waals surface area contributed by atoms with Crippen LogP contribution in [0.2, 0.25) is 0 Å². The molecule has 1 fully saturated rings. The fourth-order valence-electron chi connectivity index (χ4n) is 2.52. The van der Waals surface area contributed by atoms with E-state index in [0.29, 0.717) is 19.6 Å². The number of hydrogen-bond acceptors (Lipinski definition) is 5. The van der Waals surface area contributed by atoms with Gasteiger partial charge in [0.25, 0.3) is 0 Å². The summed E-state index contributed by atoms with van der Waals surface area (Å²) in [6.45, 7) is 2.81. The van der Waals surface area contributed by atoms with Crippen molar-refractivity contribution in [1.29, 1.82) is 10.5 Å². The molecular weight excluding hydrogens is 254 g/mol. The molecule has 0 N–H and O–H groups in total. The quantitative estimate of drug-likeness (QED) is 0.839. The Balaban J connectivity index is 2.34. The van der Waals surface area contributed by atoms with Crippen LogP contribution in [-0.2, 0) is 10.4 Å². The minimum absolute atomic E-state index is 0.269. The first-order valence-corrected chi connectivity index (χ1v) is 6.48. The minimum atomic E-state index is -0.544. The van der Waals surface area contributed by atoms with E-state index < -0.39 is 5.54 Å². The second kappa shape index (κ2) is 5.92. The first-order valence-electron chi connectivity index (χ1n) is 6.48. The summed E-state index contributed by atoms with van der Waals surface area (Å²) < 4.78 is 5.16. The van der Waals surface area contributed by atoms with Gasteiger partial charge in [0.05, 0.1) is 43.7 Å². The van der Waals surface area contributed by atoms with Gasteiger partial charge < -0.3 is 4.74 Å². The van der Waals surface area contributed by atoms with Gasteiger partial charge in [-0.2, -0.15) is 15.6 Å². The van der Waals surface area contributed by atoms with Gasteiger partial charge in [-0.1, -0.05) is 12.1 Å². The summed E-state index contributed by atoms with van der Waals surface area (Å²) in [4.78, 5) is 5.61. The number of hydroxylamine groups is 2. The zero-order valence-electron chi connectivity index (χ0n) is 11.7. The van der Waals surface area contributed by atoms with Crippen LogP contribution in [0.25, 0.3) is 0 Å². The molecule has 0 bridgehead atoms. The second-order valence-electron chi connectivity index (χ2n) is 4.86. The highest BCUT2D eigenvalue weighted by molar-refractivity contribution is 5.33. The summed E-state index contributed by atoms with van der Waals surface area (Å²) in [5, 5.41) is 19.9. The van der Waals surface area contributed by atoms with E-state index in [0.717, 1.165) is 11.3 Å². The maximum absolute atomic E-state index is 9.36. The highest BCUT2D eigenvalue weighted by atomic mass is 16.7. The zero-order chi connectivity index (χ0) is 14.6. The van der Waals surface area contributed by atoms with Crippen molar-refractivity contribution >= 4 is 0 Å². The fourth-order valence-corrected chi connectivity index (χ4v) is 2.52. The summed E-state index contributed by atoms with van der Waals surface area (Å²) >= 11 is 0. The number of methoxy groups -OCH3 is 1. The van der Waals surface area contributed by atoms with Crippen LogP contribution in [-0.4, -0.2) is 25.3 Å². The maximum atomic E-state index is 9.36. The Morgan fingerprint density at radius 3 is 2.65 bits per heavy atom. The van der Waals surface area contributed by atoms with Crippen LogP contribution in [0, 0.1) is 28.6 Å². The Morgan fingerprint density at radius 1 is 1.40 bits per heavy atom. The molecule has 0 unspecified atom stereocenters. The van der Waals surface area contributed by atoms with Crippen LogP contribution in [0.4, 0.5) is 0 Å². The second-order valence-corrected chi connectivity index (χ2v) is 4.86. The van der Waals surface area contributed by atoms with Crippen molar-refractivity contribution in [2.45, 2.75) is 18.9 Å². The van der Waals surface area contributed by atoms with Crippen LogP contribution < -0.4 is 4.74 Å². The molecule has 2 atom stereocenters. The molecular formula is C15H17N3O2. The maximum Gasteiger partial charge on any atom is 0.118 e. The summed E-state index contributed by atoms with van der Waals surface area (Å²) in [5.74, 6) is 0.503. The Labute approximate surface area is 118 Å².